The van der Waals surface area contributed by atoms with Crippen LogP contribution in [0.2, 0.25) is 4.34 Å². The van der Waals surface area contributed by atoms with Gasteiger partial charge in [0.1, 0.15) is 0 Å². The van der Waals surface area contributed by atoms with E-state index < -0.39 is 0 Å². The van der Waals surface area contributed by atoms with Crippen molar-refractivity contribution in [3.8, 4) is 5.69 Å². The highest BCUT2D eigenvalue weighted by molar-refractivity contribution is 7.18. The second kappa shape index (κ2) is 12.2. The minimum Gasteiger partial charge on any atom is -0.379 e. The van der Waals surface area contributed by atoms with Crippen LogP contribution in [0.4, 0.5) is 0 Å². The number of ether oxygens (including phenoxy) is 2. The summed E-state index contributed by atoms with van der Waals surface area (Å²) in [6, 6.07) is 14.6. The molecule has 2 aromatic heterocycles. The molecule has 0 spiro atoms. The molecule has 1 aliphatic heterocycles. The summed E-state index contributed by atoms with van der Waals surface area (Å²) in [5.41, 5.74) is 0.985. The predicted octanol–water partition coefficient (Wildman–Crippen LogP) is 2.92. The quantitative estimate of drug-likeness (QED) is 0.442. The third-order valence-electron chi connectivity index (χ3n) is 6.78. The van der Waals surface area contributed by atoms with Crippen LogP contribution in [0, 0.1) is 0 Å². The van der Waals surface area contributed by atoms with Crippen LogP contribution >= 0.6 is 22.9 Å². The molecular weight excluding hydrogens is 528 g/mol. The molecule has 200 valence electrons. The van der Waals surface area contributed by atoms with Gasteiger partial charge in [-0.1, -0.05) is 17.7 Å². The Kier molecular flexibility index (Phi) is 8.55. The highest BCUT2D eigenvalue weighted by Gasteiger charge is 2.37. The number of morpholine rings is 1. The maximum atomic E-state index is 13.2. The van der Waals surface area contributed by atoms with Gasteiger partial charge in [0.25, 0.3) is 17.4 Å². The number of nitrogens with zero attached hydrogens (tertiary/aromatic N) is 2. The van der Waals surface area contributed by atoms with Crippen molar-refractivity contribution in [2.45, 2.75) is 31.0 Å². The maximum absolute atomic E-state index is 13.2. The first kappa shape index (κ1) is 26.6. The Labute approximate surface area is 229 Å². The van der Waals surface area contributed by atoms with Crippen LogP contribution in [0.3, 0.4) is 0 Å². The molecule has 5 rings (SSSR count). The molecule has 9 nitrogen and oxygen atoms in total. The summed E-state index contributed by atoms with van der Waals surface area (Å²) in [6.07, 6.45) is 2.72. The third kappa shape index (κ3) is 6.51. The number of carbonyl (C=O) groups excluding carboxylic acids is 2. The standard InChI is InChI=1S/C27H29ClN4O5S/c28-24-9-8-23(38-24)27(35)30-22-16-20(37-17-31-11-13-36-14-12-31)15-21(22)29-26(34)18-4-6-19(7-5-18)32-10-2-1-3-25(32)33/h1-10,20-22H,11-17H2,(H,29,34)(H,30,35)/t20-,21-,22-/m1/s1. The van der Waals surface area contributed by atoms with Crippen molar-refractivity contribution in [1.82, 2.24) is 20.1 Å². The van der Waals surface area contributed by atoms with E-state index in [-0.39, 0.29) is 35.6 Å². The number of pyridine rings is 1. The van der Waals surface area contributed by atoms with Gasteiger partial charge in [-0.05, 0) is 55.3 Å². The SMILES string of the molecule is O=C(N[C@@H]1C[C@@H](OCN2CCOCC2)C[C@H]1NC(=O)c1ccc(Cl)s1)c1ccc(-n2ccccc2=O)cc1. The van der Waals surface area contributed by atoms with Crippen molar-refractivity contribution < 1.29 is 19.1 Å². The number of halogens is 1. The lowest BCUT2D eigenvalue weighted by Crippen LogP contribution is -2.48. The molecule has 0 bridgehead atoms. The molecule has 38 heavy (non-hydrogen) atoms. The molecule has 11 heteroatoms. The number of hydrogen-bond acceptors (Lipinski definition) is 7. The van der Waals surface area contributed by atoms with Crippen molar-refractivity contribution in [3.05, 3.63) is 85.9 Å². The van der Waals surface area contributed by atoms with Gasteiger partial charge in [-0.3, -0.25) is 23.9 Å². The number of thiophene rings is 1. The molecule has 0 unspecified atom stereocenters. The van der Waals surface area contributed by atoms with Gasteiger partial charge in [0.2, 0.25) is 0 Å². The van der Waals surface area contributed by atoms with Crippen LogP contribution < -0.4 is 16.2 Å². The lowest BCUT2D eigenvalue weighted by molar-refractivity contribution is -0.0592. The van der Waals surface area contributed by atoms with E-state index in [1.54, 1.807) is 54.7 Å². The van der Waals surface area contributed by atoms with Gasteiger partial charge < -0.3 is 20.1 Å². The molecule has 1 aliphatic carbocycles. The van der Waals surface area contributed by atoms with Crippen LogP contribution in [-0.4, -0.2) is 72.5 Å². The minimum atomic E-state index is -0.312. The summed E-state index contributed by atoms with van der Waals surface area (Å²) < 4.78 is 13.6. The maximum Gasteiger partial charge on any atom is 0.261 e. The van der Waals surface area contributed by atoms with Gasteiger partial charge in [-0.2, -0.15) is 0 Å². The van der Waals surface area contributed by atoms with E-state index in [2.05, 4.69) is 15.5 Å². The first-order valence-corrected chi connectivity index (χ1v) is 13.7. The van der Waals surface area contributed by atoms with Crippen molar-refractivity contribution in [3.63, 3.8) is 0 Å². The second-order valence-electron chi connectivity index (χ2n) is 9.34. The Balaban J connectivity index is 1.25. The summed E-state index contributed by atoms with van der Waals surface area (Å²) >= 11 is 7.23. The van der Waals surface area contributed by atoms with Crippen molar-refractivity contribution >= 4 is 34.8 Å². The number of nitrogens with one attached hydrogen (secondary N) is 2. The molecular formula is C27H29ClN4O5S. The predicted molar refractivity (Wildman–Crippen MR) is 145 cm³/mol. The van der Waals surface area contributed by atoms with Crippen molar-refractivity contribution in [2.24, 2.45) is 0 Å². The molecule has 2 aliphatic rings. The molecule has 1 saturated heterocycles. The zero-order valence-corrected chi connectivity index (χ0v) is 22.2. The third-order valence-corrected chi connectivity index (χ3v) is 8.01. The average Bonchev–Trinajstić information content (AvgIpc) is 3.54. The lowest BCUT2D eigenvalue weighted by Gasteiger charge is -2.27. The number of rotatable bonds is 8. The number of hydrogen-bond donors (Lipinski definition) is 2. The minimum absolute atomic E-state index is 0.118. The van der Waals surface area contributed by atoms with E-state index in [0.717, 1.165) is 13.1 Å². The highest BCUT2D eigenvalue weighted by Crippen LogP contribution is 2.26. The number of benzene rings is 1. The second-order valence-corrected chi connectivity index (χ2v) is 11.1. The normalized spacial score (nSPS) is 21.8. The molecule has 3 heterocycles. The first-order chi connectivity index (χ1) is 18.5. The van der Waals surface area contributed by atoms with Gasteiger partial charge >= 0.3 is 0 Å². The van der Waals surface area contributed by atoms with E-state index in [4.69, 9.17) is 21.1 Å². The van der Waals surface area contributed by atoms with Gasteiger partial charge in [0, 0.05) is 36.6 Å². The Morgan fingerprint density at radius 3 is 2.34 bits per heavy atom. The van der Waals surface area contributed by atoms with Crippen molar-refractivity contribution in [1.29, 1.82) is 0 Å². The van der Waals surface area contributed by atoms with Gasteiger partial charge in [-0.25, -0.2) is 0 Å². The molecule has 2 N–H and O–H groups in total. The van der Waals surface area contributed by atoms with Crippen LogP contribution in [0.25, 0.3) is 5.69 Å². The Morgan fingerprint density at radius 1 is 0.974 bits per heavy atom. The zero-order valence-electron chi connectivity index (χ0n) is 20.7. The Hall–Kier alpha value is -3.02. The molecule has 1 aromatic carbocycles. The largest absolute Gasteiger partial charge is 0.379 e. The summed E-state index contributed by atoms with van der Waals surface area (Å²) in [7, 11) is 0. The molecule has 2 fully saturated rings. The van der Waals surface area contributed by atoms with E-state index in [9.17, 15) is 14.4 Å². The van der Waals surface area contributed by atoms with E-state index in [1.807, 2.05) is 0 Å². The monoisotopic (exact) mass is 556 g/mol. The summed E-state index contributed by atoms with van der Waals surface area (Å²) in [6.45, 7) is 3.49. The number of amides is 2. The van der Waals surface area contributed by atoms with Crippen LogP contribution in [0.5, 0.6) is 0 Å². The Morgan fingerprint density at radius 2 is 1.68 bits per heavy atom. The summed E-state index contributed by atoms with van der Waals surface area (Å²) in [4.78, 5) is 40.8. The fourth-order valence-electron chi connectivity index (χ4n) is 4.73. The number of aromatic nitrogens is 1. The smallest absolute Gasteiger partial charge is 0.261 e. The molecule has 2 amide bonds. The van der Waals surface area contributed by atoms with Crippen molar-refractivity contribution in [2.75, 3.05) is 33.0 Å². The number of carbonyl (C=O) groups is 2. The summed E-state index contributed by atoms with van der Waals surface area (Å²) in [5.74, 6) is -0.480. The lowest BCUT2D eigenvalue weighted by atomic mass is 10.1. The van der Waals surface area contributed by atoms with E-state index >= 15 is 0 Å². The molecule has 3 atom stereocenters. The van der Waals surface area contributed by atoms with Crippen LogP contribution in [0.15, 0.2) is 65.6 Å². The first-order valence-electron chi connectivity index (χ1n) is 12.5. The van der Waals surface area contributed by atoms with E-state index in [1.165, 1.54) is 22.0 Å². The summed E-state index contributed by atoms with van der Waals surface area (Å²) in [5, 5.41) is 6.15. The average molecular weight is 557 g/mol. The molecule has 3 aromatic rings. The fourth-order valence-corrected chi connectivity index (χ4v) is 5.68. The van der Waals surface area contributed by atoms with Gasteiger partial charge in [-0.15, -0.1) is 11.3 Å². The fraction of sp³-hybridized carbons (Fsp3) is 0.370. The van der Waals surface area contributed by atoms with Gasteiger partial charge in [0.15, 0.2) is 0 Å². The Bertz CT molecular complexity index is 1320. The highest BCUT2D eigenvalue weighted by atomic mass is 35.5. The van der Waals surface area contributed by atoms with Gasteiger partial charge in [0.05, 0.1) is 47.3 Å². The zero-order chi connectivity index (χ0) is 26.5. The molecule has 1 saturated carbocycles. The van der Waals surface area contributed by atoms with Crippen LogP contribution in [0.1, 0.15) is 32.9 Å². The van der Waals surface area contributed by atoms with Crippen LogP contribution in [-0.2, 0) is 9.47 Å². The topological polar surface area (TPSA) is 102 Å². The molecule has 0 radical (unpaired) electrons. The van der Waals surface area contributed by atoms with E-state index in [0.29, 0.717) is 53.3 Å².